The molecule has 0 aliphatic rings. The van der Waals surface area contributed by atoms with Crippen molar-refractivity contribution in [3.8, 4) is 11.5 Å². The molecule has 0 saturated heterocycles. The highest BCUT2D eigenvalue weighted by molar-refractivity contribution is 5.45. The lowest BCUT2D eigenvalue weighted by atomic mass is 10.00. The normalized spacial score (nSPS) is 12.5. The van der Waals surface area contributed by atoms with Crippen molar-refractivity contribution >= 4 is 0 Å². The molecule has 1 atom stereocenters. The Morgan fingerprint density at radius 2 is 1.71 bits per heavy atom. The molecular formula is C19H25NO. The van der Waals surface area contributed by atoms with Crippen LogP contribution in [-0.4, -0.2) is 0 Å². The lowest BCUT2D eigenvalue weighted by Crippen LogP contribution is -2.10. The number of aryl methyl sites for hydroxylation is 1. The summed E-state index contributed by atoms with van der Waals surface area (Å²) in [5, 5.41) is 0. The molecule has 0 aromatic heterocycles. The van der Waals surface area contributed by atoms with E-state index in [-0.39, 0.29) is 6.04 Å². The molecule has 0 fully saturated rings. The van der Waals surface area contributed by atoms with Crippen LogP contribution in [-0.2, 0) is 0 Å². The third-order valence-corrected chi connectivity index (χ3v) is 3.77. The molecule has 0 saturated carbocycles. The van der Waals surface area contributed by atoms with Crippen molar-refractivity contribution in [3.63, 3.8) is 0 Å². The summed E-state index contributed by atoms with van der Waals surface area (Å²) < 4.78 is 6.23. The molecular weight excluding hydrogens is 258 g/mol. The largest absolute Gasteiger partial charge is 0.457 e. The van der Waals surface area contributed by atoms with Crippen LogP contribution in [0.15, 0.2) is 42.5 Å². The molecule has 21 heavy (non-hydrogen) atoms. The maximum absolute atomic E-state index is 6.23. The van der Waals surface area contributed by atoms with Gasteiger partial charge in [0.1, 0.15) is 11.5 Å². The van der Waals surface area contributed by atoms with Crippen LogP contribution in [0.25, 0.3) is 0 Å². The molecule has 0 heterocycles. The zero-order valence-corrected chi connectivity index (χ0v) is 13.4. The maximum atomic E-state index is 6.23. The lowest BCUT2D eigenvalue weighted by Gasteiger charge is -2.19. The first-order chi connectivity index (χ1) is 10.0. The van der Waals surface area contributed by atoms with Gasteiger partial charge in [0, 0.05) is 11.6 Å². The van der Waals surface area contributed by atoms with Gasteiger partial charge in [-0.2, -0.15) is 0 Å². The summed E-state index contributed by atoms with van der Waals surface area (Å²) in [5.41, 5.74) is 9.69. The van der Waals surface area contributed by atoms with Gasteiger partial charge < -0.3 is 10.5 Å². The van der Waals surface area contributed by atoms with Crippen LogP contribution in [0.2, 0.25) is 0 Å². The summed E-state index contributed by atoms with van der Waals surface area (Å²) in [4.78, 5) is 0. The van der Waals surface area contributed by atoms with Crippen molar-refractivity contribution in [1.29, 1.82) is 0 Å². The highest BCUT2D eigenvalue weighted by atomic mass is 16.5. The van der Waals surface area contributed by atoms with E-state index in [0.717, 1.165) is 23.5 Å². The predicted molar refractivity (Wildman–Crippen MR) is 89.0 cm³/mol. The van der Waals surface area contributed by atoms with Crippen molar-refractivity contribution in [2.24, 2.45) is 5.73 Å². The van der Waals surface area contributed by atoms with Crippen LogP contribution >= 0.6 is 0 Å². The minimum atomic E-state index is 0.00788. The Morgan fingerprint density at radius 1 is 1.00 bits per heavy atom. The second-order valence-corrected chi connectivity index (χ2v) is 5.85. The topological polar surface area (TPSA) is 35.2 Å². The minimum absolute atomic E-state index is 0.00788. The van der Waals surface area contributed by atoms with Gasteiger partial charge in [-0.3, -0.25) is 0 Å². The Morgan fingerprint density at radius 3 is 2.38 bits per heavy atom. The molecule has 2 N–H and O–H groups in total. The number of hydrogen-bond donors (Lipinski definition) is 1. The molecule has 0 spiro atoms. The molecule has 0 bridgehead atoms. The molecule has 0 radical (unpaired) electrons. The van der Waals surface area contributed by atoms with Crippen LogP contribution in [0.3, 0.4) is 0 Å². The van der Waals surface area contributed by atoms with Gasteiger partial charge in [-0.25, -0.2) is 0 Å². The van der Waals surface area contributed by atoms with Gasteiger partial charge in [-0.1, -0.05) is 51.1 Å². The van der Waals surface area contributed by atoms with Crippen molar-refractivity contribution in [1.82, 2.24) is 0 Å². The van der Waals surface area contributed by atoms with Gasteiger partial charge in [0.2, 0.25) is 0 Å². The summed E-state index contributed by atoms with van der Waals surface area (Å²) in [5.74, 6) is 2.22. The molecule has 2 aromatic carbocycles. The number of hydrogen-bond acceptors (Lipinski definition) is 2. The van der Waals surface area contributed by atoms with Crippen molar-refractivity contribution in [3.05, 3.63) is 59.2 Å². The highest BCUT2D eigenvalue weighted by Gasteiger charge is 2.14. The minimum Gasteiger partial charge on any atom is -0.457 e. The average Bonchev–Trinajstić information content (AvgIpc) is 2.47. The second kappa shape index (κ2) is 6.77. The molecule has 2 nitrogen and oxygen atoms in total. The first kappa shape index (κ1) is 15.6. The third-order valence-electron chi connectivity index (χ3n) is 3.77. The third kappa shape index (κ3) is 3.64. The fourth-order valence-corrected chi connectivity index (χ4v) is 2.43. The van der Waals surface area contributed by atoms with E-state index in [1.165, 1.54) is 11.1 Å². The van der Waals surface area contributed by atoms with Gasteiger partial charge in [-0.15, -0.1) is 0 Å². The Kier molecular flexibility index (Phi) is 5.03. The SMILES string of the molecule is CC[C@@H](N)c1ccccc1Oc1cc(C)ccc1C(C)C. The van der Waals surface area contributed by atoms with Gasteiger partial charge in [0.25, 0.3) is 0 Å². The first-order valence-corrected chi connectivity index (χ1v) is 7.65. The van der Waals surface area contributed by atoms with Gasteiger partial charge >= 0.3 is 0 Å². The lowest BCUT2D eigenvalue weighted by molar-refractivity contribution is 0.460. The van der Waals surface area contributed by atoms with E-state index in [9.17, 15) is 0 Å². The Hall–Kier alpha value is -1.80. The molecule has 0 aliphatic carbocycles. The molecule has 2 heteroatoms. The number of rotatable bonds is 5. The second-order valence-electron chi connectivity index (χ2n) is 5.85. The summed E-state index contributed by atoms with van der Waals surface area (Å²) >= 11 is 0. The quantitative estimate of drug-likeness (QED) is 0.806. The number of benzene rings is 2. The predicted octanol–water partition coefficient (Wildman–Crippen LogP) is 5.32. The number of nitrogens with two attached hydrogens (primary N) is 1. The van der Waals surface area contributed by atoms with E-state index in [4.69, 9.17) is 10.5 Å². The van der Waals surface area contributed by atoms with Crippen LogP contribution in [0, 0.1) is 6.92 Å². The van der Waals surface area contributed by atoms with Crippen LogP contribution < -0.4 is 10.5 Å². The van der Waals surface area contributed by atoms with Gasteiger partial charge in [0.15, 0.2) is 0 Å². The van der Waals surface area contributed by atoms with E-state index < -0.39 is 0 Å². The fraction of sp³-hybridized carbons (Fsp3) is 0.368. The molecule has 0 unspecified atom stereocenters. The zero-order chi connectivity index (χ0) is 15.4. The number of ether oxygens (including phenoxy) is 1. The van der Waals surface area contributed by atoms with Crippen molar-refractivity contribution in [2.75, 3.05) is 0 Å². The van der Waals surface area contributed by atoms with Gasteiger partial charge in [-0.05, 0) is 42.5 Å². The molecule has 0 amide bonds. The smallest absolute Gasteiger partial charge is 0.132 e. The Bertz CT molecular complexity index is 604. The zero-order valence-electron chi connectivity index (χ0n) is 13.4. The highest BCUT2D eigenvalue weighted by Crippen LogP contribution is 2.34. The van der Waals surface area contributed by atoms with Gasteiger partial charge in [0.05, 0.1) is 0 Å². The molecule has 0 aliphatic heterocycles. The summed E-state index contributed by atoms with van der Waals surface area (Å²) in [6.45, 7) is 8.54. The Labute approximate surface area is 127 Å². The van der Waals surface area contributed by atoms with Crippen molar-refractivity contribution in [2.45, 2.75) is 46.1 Å². The molecule has 112 valence electrons. The summed E-state index contributed by atoms with van der Waals surface area (Å²) in [7, 11) is 0. The monoisotopic (exact) mass is 283 g/mol. The van der Waals surface area contributed by atoms with Crippen LogP contribution in [0.4, 0.5) is 0 Å². The van der Waals surface area contributed by atoms with E-state index in [1.54, 1.807) is 0 Å². The van der Waals surface area contributed by atoms with Crippen LogP contribution in [0.1, 0.15) is 55.8 Å². The number of para-hydroxylation sites is 1. The molecule has 2 aromatic rings. The summed E-state index contributed by atoms with van der Waals surface area (Å²) in [6, 6.07) is 14.4. The maximum Gasteiger partial charge on any atom is 0.132 e. The fourth-order valence-electron chi connectivity index (χ4n) is 2.43. The van der Waals surface area contributed by atoms with Crippen LogP contribution in [0.5, 0.6) is 11.5 Å². The standard InChI is InChI=1S/C19H25NO/c1-5-17(20)16-8-6-7-9-18(16)21-19-12-14(4)10-11-15(19)13(2)3/h6-13,17H,5,20H2,1-4H3/t17-/m1/s1. The average molecular weight is 283 g/mol. The summed E-state index contributed by atoms with van der Waals surface area (Å²) in [6.07, 6.45) is 0.894. The van der Waals surface area contributed by atoms with E-state index in [0.29, 0.717) is 5.92 Å². The molecule has 2 rings (SSSR count). The first-order valence-electron chi connectivity index (χ1n) is 7.65. The van der Waals surface area contributed by atoms with E-state index >= 15 is 0 Å². The van der Waals surface area contributed by atoms with E-state index in [1.807, 2.05) is 24.3 Å². The Balaban J connectivity index is 2.41. The van der Waals surface area contributed by atoms with Crippen molar-refractivity contribution < 1.29 is 4.74 Å². The van der Waals surface area contributed by atoms with E-state index in [2.05, 4.69) is 45.9 Å².